The number of nitrogens with one attached hydrogen (secondary N) is 2. The maximum atomic E-state index is 13.1. The van der Waals surface area contributed by atoms with Crippen LogP contribution in [0, 0.1) is 12.8 Å². The van der Waals surface area contributed by atoms with Crippen molar-refractivity contribution in [2.45, 2.75) is 51.0 Å². The Bertz CT molecular complexity index is 1400. The van der Waals surface area contributed by atoms with Crippen molar-refractivity contribution in [3.63, 3.8) is 0 Å². The van der Waals surface area contributed by atoms with Crippen LogP contribution in [0.5, 0.6) is 0 Å². The Kier molecular flexibility index (Phi) is 6.45. The minimum Gasteiger partial charge on any atom is -0.458 e. The van der Waals surface area contributed by atoms with Gasteiger partial charge in [0.05, 0.1) is 23.7 Å². The van der Waals surface area contributed by atoms with Gasteiger partial charge in [-0.1, -0.05) is 24.6 Å². The van der Waals surface area contributed by atoms with Gasteiger partial charge in [-0.2, -0.15) is 0 Å². The van der Waals surface area contributed by atoms with Crippen LogP contribution in [0.15, 0.2) is 59.4 Å². The molecule has 37 heavy (non-hydrogen) atoms. The Hall–Kier alpha value is -4.14. The van der Waals surface area contributed by atoms with Crippen molar-refractivity contribution < 1.29 is 19.1 Å². The summed E-state index contributed by atoms with van der Waals surface area (Å²) in [7, 11) is 1.76. The van der Waals surface area contributed by atoms with Crippen molar-refractivity contribution >= 4 is 29.2 Å². The molecule has 1 saturated heterocycles. The van der Waals surface area contributed by atoms with Crippen LogP contribution in [-0.2, 0) is 21.4 Å². The second-order valence-corrected chi connectivity index (χ2v) is 9.81. The molecule has 9 nitrogen and oxygen atoms in total. The topological polar surface area (TPSA) is 111 Å². The molecule has 2 fully saturated rings. The number of aromatic nitrogens is 2. The SMILES string of the molecule is Cc1c(NC(=O)c2ccc(NC(=O)[C@H]3CC(=O)OC34CCCCC4)cc2)c(=O)n(-c2ccccc2)n1C. The van der Waals surface area contributed by atoms with E-state index in [4.69, 9.17) is 4.74 Å². The van der Waals surface area contributed by atoms with E-state index in [9.17, 15) is 19.2 Å². The Morgan fingerprint density at radius 3 is 2.30 bits per heavy atom. The summed E-state index contributed by atoms with van der Waals surface area (Å²) in [4.78, 5) is 51.1. The highest BCUT2D eigenvalue weighted by Gasteiger charge is 2.52. The number of hydrogen-bond donors (Lipinski definition) is 2. The van der Waals surface area contributed by atoms with E-state index >= 15 is 0 Å². The van der Waals surface area contributed by atoms with Crippen LogP contribution in [0.3, 0.4) is 0 Å². The van der Waals surface area contributed by atoms with E-state index in [-0.39, 0.29) is 29.5 Å². The van der Waals surface area contributed by atoms with E-state index in [0.717, 1.165) is 19.3 Å². The number of hydrogen-bond acceptors (Lipinski definition) is 5. The number of nitrogens with zero attached hydrogens (tertiary/aromatic N) is 2. The van der Waals surface area contributed by atoms with Gasteiger partial charge >= 0.3 is 5.97 Å². The average Bonchev–Trinajstić information content (AvgIpc) is 3.32. The second kappa shape index (κ2) is 9.72. The third-order valence-corrected chi connectivity index (χ3v) is 7.55. The molecule has 2 amide bonds. The lowest BCUT2D eigenvalue weighted by molar-refractivity contribution is -0.153. The Balaban J connectivity index is 1.29. The van der Waals surface area contributed by atoms with Gasteiger partial charge in [0, 0.05) is 18.3 Å². The van der Waals surface area contributed by atoms with E-state index in [1.165, 1.54) is 4.68 Å². The predicted molar refractivity (Wildman–Crippen MR) is 139 cm³/mol. The fourth-order valence-corrected chi connectivity index (χ4v) is 5.46. The quantitative estimate of drug-likeness (QED) is 0.514. The van der Waals surface area contributed by atoms with Crippen molar-refractivity contribution in [1.29, 1.82) is 0 Å². The Morgan fingerprint density at radius 2 is 1.62 bits per heavy atom. The summed E-state index contributed by atoms with van der Waals surface area (Å²) in [6.45, 7) is 1.77. The lowest BCUT2D eigenvalue weighted by Crippen LogP contribution is -2.43. The average molecular weight is 503 g/mol. The molecular formula is C28H30N4O5. The van der Waals surface area contributed by atoms with E-state index in [2.05, 4.69) is 10.6 Å². The summed E-state index contributed by atoms with van der Waals surface area (Å²) in [5.74, 6) is -1.51. The van der Waals surface area contributed by atoms with E-state index < -0.39 is 17.4 Å². The molecule has 2 aromatic carbocycles. The van der Waals surface area contributed by atoms with Gasteiger partial charge in [-0.05, 0) is 69.0 Å². The summed E-state index contributed by atoms with van der Waals surface area (Å²) in [6, 6.07) is 15.7. The molecule has 1 saturated carbocycles. The zero-order chi connectivity index (χ0) is 26.2. The zero-order valence-corrected chi connectivity index (χ0v) is 21.0. The van der Waals surface area contributed by atoms with Crippen LogP contribution in [0.4, 0.5) is 11.4 Å². The lowest BCUT2D eigenvalue weighted by Gasteiger charge is -2.36. The van der Waals surface area contributed by atoms with Gasteiger partial charge in [0.1, 0.15) is 11.3 Å². The highest BCUT2D eigenvalue weighted by atomic mass is 16.6. The van der Waals surface area contributed by atoms with Gasteiger partial charge in [-0.3, -0.25) is 23.9 Å². The van der Waals surface area contributed by atoms with Crippen LogP contribution in [0.2, 0.25) is 0 Å². The van der Waals surface area contributed by atoms with E-state index in [1.54, 1.807) is 42.9 Å². The smallest absolute Gasteiger partial charge is 0.307 e. The number of ether oxygens (including phenoxy) is 1. The fraction of sp³-hybridized carbons (Fsp3) is 0.357. The summed E-state index contributed by atoms with van der Waals surface area (Å²) in [5.41, 5.74) is 1.37. The first-order valence-corrected chi connectivity index (χ1v) is 12.6. The first kappa shape index (κ1) is 24.5. The molecule has 0 radical (unpaired) electrons. The Labute approximate surface area is 214 Å². The molecule has 1 aromatic heterocycles. The highest BCUT2D eigenvalue weighted by Crippen LogP contribution is 2.44. The van der Waals surface area contributed by atoms with Crippen LogP contribution in [0.1, 0.15) is 54.6 Å². The van der Waals surface area contributed by atoms with Crippen LogP contribution in [-0.4, -0.2) is 32.7 Å². The van der Waals surface area contributed by atoms with Crippen molar-refractivity contribution in [3.8, 4) is 5.69 Å². The van der Waals surface area contributed by atoms with Gasteiger partial charge in [0.25, 0.3) is 11.5 Å². The van der Waals surface area contributed by atoms with Crippen molar-refractivity contribution in [2.75, 3.05) is 10.6 Å². The van der Waals surface area contributed by atoms with Gasteiger partial charge < -0.3 is 15.4 Å². The number of rotatable bonds is 5. The molecule has 2 heterocycles. The Morgan fingerprint density at radius 1 is 0.946 bits per heavy atom. The first-order chi connectivity index (χ1) is 17.8. The van der Waals surface area contributed by atoms with Crippen LogP contribution in [0.25, 0.3) is 5.69 Å². The zero-order valence-electron chi connectivity index (χ0n) is 21.0. The largest absolute Gasteiger partial charge is 0.458 e. The first-order valence-electron chi connectivity index (χ1n) is 12.6. The number of amides is 2. The van der Waals surface area contributed by atoms with Gasteiger partial charge in [-0.25, -0.2) is 4.68 Å². The van der Waals surface area contributed by atoms with Gasteiger partial charge in [0.15, 0.2) is 0 Å². The maximum absolute atomic E-state index is 13.1. The number of carbonyl (C=O) groups excluding carboxylic acids is 3. The summed E-state index contributed by atoms with van der Waals surface area (Å²) < 4.78 is 8.84. The molecule has 5 rings (SSSR count). The van der Waals surface area contributed by atoms with Crippen molar-refractivity contribution in [3.05, 3.63) is 76.2 Å². The van der Waals surface area contributed by atoms with Gasteiger partial charge in [-0.15, -0.1) is 0 Å². The monoisotopic (exact) mass is 502 g/mol. The molecule has 1 aliphatic heterocycles. The van der Waals surface area contributed by atoms with E-state index in [1.807, 2.05) is 30.3 Å². The molecule has 0 unspecified atom stereocenters. The molecular weight excluding hydrogens is 472 g/mol. The van der Waals surface area contributed by atoms with Crippen molar-refractivity contribution in [1.82, 2.24) is 9.36 Å². The lowest BCUT2D eigenvalue weighted by atomic mass is 9.75. The summed E-state index contributed by atoms with van der Waals surface area (Å²) >= 11 is 0. The molecule has 1 aliphatic carbocycles. The number of esters is 1. The number of para-hydroxylation sites is 1. The normalized spacial score (nSPS) is 18.4. The number of benzene rings is 2. The predicted octanol–water partition coefficient (Wildman–Crippen LogP) is 3.94. The molecule has 2 N–H and O–H groups in total. The summed E-state index contributed by atoms with van der Waals surface area (Å²) in [6.07, 6.45) is 4.47. The van der Waals surface area contributed by atoms with Crippen LogP contribution >= 0.6 is 0 Å². The second-order valence-electron chi connectivity index (χ2n) is 9.81. The van der Waals surface area contributed by atoms with Gasteiger partial charge in [0.2, 0.25) is 5.91 Å². The number of anilines is 2. The fourth-order valence-electron chi connectivity index (χ4n) is 5.46. The highest BCUT2D eigenvalue weighted by molar-refractivity contribution is 6.05. The molecule has 2 aliphatic rings. The molecule has 1 atom stereocenters. The molecule has 192 valence electrons. The van der Waals surface area contributed by atoms with Crippen LogP contribution < -0.4 is 16.2 Å². The molecule has 1 spiro atoms. The van der Waals surface area contributed by atoms with E-state index in [0.29, 0.717) is 35.5 Å². The van der Waals surface area contributed by atoms with Crippen molar-refractivity contribution in [2.24, 2.45) is 13.0 Å². The maximum Gasteiger partial charge on any atom is 0.307 e. The molecule has 0 bridgehead atoms. The summed E-state index contributed by atoms with van der Waals surface area (Å²) in [5, 5.41) is 5.62. The molecule has 3 aromatic rings. The minimum atomic E-state index is -0.695. The third-order valence-electron chi connectivity index (χ3n) is 7.55. The minimum absolute atomic E-state index is 0.0866. The third kappa shape index (κ3) is 4.57. The molecule has 9 heteroatoms. The number of carbonyl (C=O) groups is 3. The standard InChI is InChI=1S/C28H30N4O5/c1-18-24(27(36)32(31(18)2)21-9-5-3-6-10-21)30-25(34)19-11-13-20(14-12-19)29-26(35)22-17-23(33)37-28(22)15-7-4-8-16-28/h3,5-6,9-14,22H,4,7-8,15-17H2,1-2H3,(H,29,35)(H,30,34)/t22-/m1/s1.